The van der Waals surface area contributed by atoms with E-state index in [-0.39, 0.29) is 34.0 Å². The van der Waals surface area contributed by atoms with Crippen LogP contribution in [0.2, 0.25) is 5.15 Å². The van der Waals surface area contributed by atoms with Crippen LogP contribution in [0.1, 0.15) is 32.6 Å². The van der Waals surface area contributed by atoms with Gasteiger partial charge in [-0.05, 0) is 44.7 Å². The van der Waals surface area contributed by atoms with Crippen molar-refractivity contribution < 1.29 is 17.9 Å². The zero-order chi connectivity index (χ0) is 18.7. The van der Waals surface area contributed by atoms with Gasteiger partial charge in [0.05, 0.1) is 12.1 Å². The Bertz CT molecular complexity index is 744. The molecule has 2 fully saturated rings. The molecule has 2 atom stereocenters. The largest absolute Gasteiger partial charge is 0.376 e. The molecule has 2 aliphatic rings. The van der Waals surface area contributed by atoms with E-state index in [9.17, 15) is 13.2 Å². The zero-order valence-electron chi connectivity index (χ0n) is 14.7. The maximum absolute atomic E-state index is 12.7. The Morgan fingerprint density at radius 2 is 2.12 bits per heavy atom. The summed E-state index contributed by atoms with van der Waals surface area (Å²) in [5.74, 6) is -0.209. The molecule has 2 saturated heterocycles. The number of hydrogen-bond donors (Lipinski definition) is 1. The fourth-order valence-corrected chi connectivity index (χ4v) is 5.39. The number of ether oxygens (including phenoxy) is 1. The van der Waals surface area contributed by atoms with Crippen molar-refractivity contribution in [3.8, 4) is 0 Å². The average Bonchev–Trinajstić information content (AvgIpc) is 3.17. The summed E-state index contributed by atoms with van der Waals surface area (Å²) in [7, 11) is -3.69. The molecule has 0 spiro atoms. The van der Waals surface area contributed by atoms with Gasteiger partial charge in [-0.25, -0.2) is 13.4 Å². The number of piperidine rings is 1. The van der Waals surface area contributed by atoms with Crippen LogP contribution >= 0.6 is 11.6 Å². The SMILES string of the molecule is C[C@H](NC(=O)C1CCN(S(=O)(=O)c2cccnc2Cl)CC1)[C@H]1CCCO1. The Morgan fingerprint density at radius 3 is 2.73 bits per heavy atom. The third kappa shape index (κ3) is 4.19. The van der Waals surface area contributed by atoms with Crippen LogP contribution in [0, 0.1) is 5.92 Å². The second-order valence-electron chi connectivity index (χ2n) is 6.82. The number of hydrogen-bond acceptors (Lipinski definition) is 5. The van der Waals surface area contributed by atoms with Gasteiger partial charge < -0.3 is 10.1 Å². The summed E-state index contributed by atoms with van der Waals surface area (Å²) in [6.45, 7) is 3.29. The van der Waals surface area contributed by atoms with E-state index in [2.05, 4.69) is 10.3 Å². The van der Waals surface area contributed by atoms with Gasteiger partial charge in [0.15, 0.2) is 0 Å². The number of sulfonamides is 1. The minimum absolute atomic E-state index is 0.0107. The van der Waals surface area contributed by atoms with Gasteiger partial charge in [-0.1, -0.05) is 11.6 Å². The van der Waals surface area contributed by atoms with Crippen LogP contribution < -0.4 is 5.32 Å². The number of pyridine rings is 1. The second-order valence-corrected chi connectivity index (χ2v) is 9.08. The van der Waals surface area contributed by atoms with E-state index >= 15 is 0 Å². The van der Waals surface area contributed by atoms with E-state index < -0.39 is 10.0 Å². The molecule has 26 heavy (non-hydrogen) atoms. The molecule has 7 nitrogen and oxygen atoms in total. The Hall–Kier alpha value is -1.22. The second kappa shape index (κ2) is 8.21. The van der Waals surface area contributed by atoms with Crippen molar-refractivity contribution in [3.63, 3.8) is 0 Å². The minimum atomic E-state index is -3.69. The van der Waals surface area contributed by atoms with Crippen molar-refractivity contribution in [2.45, 2.75) is 49.6 Å². The molecule has 0 aromatic carbocycles. The van der Waals surface area contributed by atoms with Gasteiger partial charge in [0.2, 0.25) is 15.9 Å². The van der Waals surface area contributed by atoms with E-state index in [1.165, 1.54) is 16.6 Å². The van der Waals surface area contributed by atoms with Gasteiger partial charge in [-0.2, -0.15) is 4.31 Å². The molecule has 0 saturated carbocycles. The number of nitrogens with zero attached hydrogens (tertiary/aromatic N) is 2. The molecule has 0 aliphatic carbocycles. The fraction of sp³-hybridized carbons (Fsp3) is 0.647. The number of carbonyl (C=O) groups excluding carboxylic acids is 1. The molecule has 1 N–H and O–H groups in total. The Morgan fingerprint density at radius 1 is 1.38 bits per heavy atom. The molecular formula is C17H24ClN3O4S. The van der Waals surface area contributed by atoms with E-state index in [1.54, 1.807) is 6.07 Å². The number of halogens is 1. The summed E-state index contributed by atoms with van der Waals surface area (Å²) in [5, 5.41) is 2.99. The first-order chi connectivity index (χ1) is 12.4. The molecule has 1 aromatic rings. The fourth-order valence-electron chi connectivity index (χ4n) is 3.49. The van der Waals surface area contributed by atoms with Gasteiger partial charge >= 0.3 is 0 Å². The number of carbonyl (C=O) groups is 1. The van der Waals surface area contributed by atoms with Gasteiger partial charge in [0.1, 0.15) is 10.0 Å². The molecule has 3 heterocycles. The average molecular weight is 402 g/mol. The van der Waals surface area contributed by atoms with Gasteiger partial charge in [-0.3, -0.25) is 4.79 Å². The van der Waals surface area contributed by atoms with Crippen LogP contribution in [0.5, 0.6) is 0 Å². The van der Waals surface area contributed by atoms with Crippen molar-refractivity contribution in [1.82, 2.24) is 14.6 Å². The van der Waals surface area contributed by atoms with E-state index in [4.69, 9.17) is 16.3 Å². The molecule has 144 valence electrons. The minimum Gasteiger partial charge on any atom is -0.376 e. The van der Waals surface area contributed by atoms with Crippen LogP contribution in [-0.2, 0) is 19.6 Å². The third-order valence-electron chi connectivity index (χ3n) is 5.06. The lowest BCUT2D eigenvalue weighted by atomic mass is 9.96. The maximum atomic E-state index is 12.7. The monoisotopic (exact) mass is 401 g/mol. The van der Waals surface area contributed by atoms with Crippen LogP contribution in [0.15, 0.2) is 23.2 Å². The highest BCUT2D eigenvalue weighted by Crippen LogP contribution is 2.27. The lowest BCUT2D eigenvalue weighted by molar-refractivity contribution is -0.127. The lowest BCUT2D eigenvalue weighted by Crippen LogP contribution is -2.47. The molecule has 0 unspecified atom stereocenters. The van der Waals surface area contributed by atoms with Crippen molar-refractivity contribution in [2.75, 3.05) is 19.7 Å². The summed E-state index contributed by atoms with van der Waals surface area (Å²) < 4.78 is 32.4. The summed E-state index contributed by atoms with van der Waals surface area (Å²) in [6, 6.07) is 2.97. The highest BCUT2D eigenvalue weighted by Gasteiger charge is 2.34. The number of aromatic nitrogens is 1. The molecule has 1 aromatic heterocycles. The van der Waals surface area contributed by atoms with Crippen molar-refractivity contribution in [2.24, 2.45) is 5.92 Å². The molecule has 1 amide bonds. The van der Waals surface area contributed by atoms with Gasteiger partial charge in [0.25, 0.3) is 0 Å². The first-order valence-electron chi connectivity index (χ1n) is 8.92. The van der Waals surface area contributed by atoms with Crippen LogP contribution in [0.3, 0.4) is 0 Å². The third-order valence-corrected chi connectivity index (χ3v) is 7.40. The highest BCUT2D eigenvalue weighted by atomic mass is 35.5. The first-order valence-corrected chi connectivity index (χ1v) is 10.7. The molecule has 0 bridgehead atoms. The number of nitrogens with one attached hydrogen (secondary N) is 1. The van der Waals surface area contributed by atoms with Crippen molar-refractivity contribution in [3.05, 3.63) is 23.5 Å². The van der Waals surface area contributed by atoms with Crippen LogP contribution in [0.25, 0.3) is 0 Å². The quantitative estimate of drug-likeness (QED) is 0.760. The van der Waals surface area contributed by atoms with E-state index in [1.807, 2.05) is 6.92 Å². The van der Waals surface area contributed by atoms with Gasteiger partial charge in [0, 0.05) is 31.8 Å². The number of amides is 1. The van der Waals surface area contributed by atoms with Crippen LogP contribution in [0.4, 0.5) is 0 Å². The normalized spacial score (nSPS) is 23.7. The Labute approximate surface area is 159 Å². The summed E-state index contributed by atoms with van der Waals surface area (Å²) in [5.41, 5.74) is 0. The Kier molecular flexibility index (Phi) is 6.17. The van der Waals surface area contributed by atoms with Crippen molar-refractivity contribution in [1.29, 1.82) is 0 Å². The maximum Gasteiger partial charge on any atom is 0.246 e. The smallest absolute Gasteiger partial charge is 0.246 e. The topological polar surface area (TPSA) is 88.6 Å². The molecule has 2 aliphatic heterocycles. The molecule has 9 heteroatoms. The predicted octanol–water partition coefficient (Wildman–Crippen LogP) is 1.82. The lowest BCUT2D eigenvalue weighted by Gasteiger charge is -2.31. The molecular weight excluding hydrogens is 378 g/mol. The van der Waals surface area contributed by atoms with E-state index in [0.717, 1.165) is 19.4 Å². The standard InChI is InChI=1S/C17H24ClN3O4S/c1-12(14-4-3-11-25-14)20-17(22)13-6-9-21(10-7-13)26(23,24)15-5-2-8-19-16(15)18/h2,5,8,12-14H,3-4,6-7,9-11H2,1H3,(H,20,22)/t12-,14+/m0/s1. The summed E-state index contributed by atoms with van der Waals surface area (Å²) >= 11 is 5.93. The molecule has 3 rings (SSSR count). The zero-order valence-corrected chi connectivity index (χ0v) is 16.3. The van der Waals surface area contributed by atoms with Gasteiger partial charge in [-0.15, -0.1) is 0 Å². The molecule has 0 radical (unpaired) electrons. The van der Waals surface area contributed by atoms with Crippen molar-refractivity contribution >= 4 is 27.5 Å². The number of rotatable bonds is 5. The highest BCUT2D eigenvalue weighted by molar-refractivity contribution is 7.89. The van der Waals surface area contributed by atoms with Crippen LogP contribution in [-0.4, -0.2) is 55.5 Å². The first kappa shape index (κ1) is 19.5. The summed E-state index contributed by atoms with van der Waals surface area (Å²) in [6.07, 6.45) is 4.49. The Balaban J connectivity index is 1.57. The van der Waals surface area contributed by atoms with E-state index in [0.29, 0.717) is 25.9 Å². The predicted molar refractivity (Wildman–Crippen MR) is 97.3 cm³/mol. The summed E-state index contributed by atoms with van der Waals surface area (Å²) in [4.78, 5) is 16.3.